The van der Waals surface area contributed by atoms with E-state index in [2.05, 4.69) is 36.4 Å². The van der Waals surface area contributed by atoms with Crippen LogP contribution in [0.4, 0.5) is 5.95 Å². The van der Waals surface area contributed by atoms with Gasteiger partial charge in [0.1, 0.15) is 22.9 Å². The number of hydrogen-bond donors (Lipinski definition) is 0. The maximum Gasteiger partial charge on any atom is 0.246 e. The molecule has 1 atom stereocenters. The smallest absolute Gasteiger partial charge is 0.246 e. The van der Waals surface area contributed by atoms with Crippen molar-refractivity contribution in [1.29, 1.82) is 5.26 Å². The Labute approximate surface area is 289 Å². The molecule has 0 bridgehead atoms. The Morgan fingerprint density at radius 1 is 0.979 bits per heavy atom. The van der Waals surface area contributed by atoms with E-state index in [0.717, 1.165) is 10.6 Å². The molecule has 0 radical (unpaired) electrons. The average Bonchev–Trinajstić information content (AvgIpc) is 3.50. The molecule has 0 aliphatic rings. The number of anilines is 1. The minimum Gasteiger partial charge on any atom is -0.494 e. The predicted molar refractivity (Wildman–Crippen MR) is 186 cm³/mol. The Morgan fingerprint density at radius 3 is 2.23 bits per heavy atom. The van der Waals surface area contributed by atoms with E-state index < -0.39 is 31.7 Å². The third kappa shape index (κ3) is 7.92. The fourth-order valence-corrected chi connectivity index (χ4v) is 8.29. The molecule has 2 heterocycles. The monoisotopic (exact) mass is 814 g/mol. The van der Waals surface area contributed by atoms with Gasteiger partial charge in [-0.15, -0.1) is 10.2 Å². The lowest BCUT2D eigenvalue weighted by molar-refractivity contribution is 0.119. The van der Waals surface area contributed by atoms with E-state index in [1.165, 1.54) is 60.1 Å². The van der Waals surface area contributed by atoms with Crippen LogP contribution in [0, 0.1) is 11.3 Å². The summed E-state index contributed by atoms with van der Waals surface area (Å²) in [7, 11) is -1.16. The van der Waals surface area contributed by atoms with Gasteiger partial charge < -0.3 is 18.9 Å². The maximum absolute atomic E-state index is 14.5. The Balaban J connectivity index is 1.96. The molecule has 47 heavy (non-hydrogen) atoms. The van der Waals surface area contributed by atoms with E-state index in [9.17, 15) is 22.1 Å². The molecule has 0 fully saturated rings. The van der Waals surface area contributed by atoms with Crippen molar-refractivity contribution in [2.45, 2.75) is 11.0 Å². The number of nitriles is 1. The van der Waals surface area contributed by atoms with Crippen LogP contribution in [0.3, 0.4) is 0 Å². The Kier molecular flexibility index (Phi) is 11.9. The molecular formula is C29H31IN6O8S3. The number of aromatic nitrogens is 4. The molecule has 0 N–H and O–H groups in total. The number of para-hydroxylation sites is 1. The van der Waals surface area contributed by atoms with Crippen molar-refractivity contribution >= 4 is 55.9 Å². The number of hydrogen-bond acceptors (Lipinski definition) is 13. The summed E-state index contributed by atoms with van der Waals surface area (Å²) >= 11 is 2.07. The first-order chi connectivity index (χ1) is 22.4. The van der Waals surface area contributed by atoms with Crippen LogP contribution in [0.1, 0.15) is 17.2 Å². The quantitative estimate of drug-likeness (QED) is 0.156. The summed E-state index contributed by atoms with van der Waals surface area (Å²) in [5.41, 5.74) is 0.830. The number of sulfone groups is 1. The molecule has 0 amide bonds. The van der Waals surface area contributed by atoms with Crippen LogP contribution in [0.25, 0.3) is 17.2 Å². The first-order valence-corrected chi connectivity index (χ1v) is 20.7. The first-order valence-electron chi connectivity index (χ1n) is 13.6. The van der Waals surface area contributed by atoms with Crippen molar-refractivity contribution in [3.8, 4) is 40.7 Å². The molecule has 0 unspecified atom stereocenters. The lowest BCUT2D eigenvalue weighted by Crippen LogP contribution is -2.38. The fraction of sp³-hybridized carbons (Fsp3) is 0.310. The van der Waals surface area contributed by atoms with Crippen LogP contribution >= 0.6 is 30.1 Å². The summed E-state index contributed by atoms with van der Waals surface area (Å²) in [4.78, 5) is 4.30. The zero-order chi connectivity index (χ0) is 34.4. The Bertz CT molecular complexity index is 1980. The van der Waals surface area contributed by atoms with Crippen molar-refractivity contribution in [3.05, 3.63) is 65.7 Å². The number of methoxy groups -OCH3 is 4. The number of pyridine rings is 1. The Hall–Kier alpha value is -3.64. The largest absolute Gasteiger partial charge is 0.494 e. The van der Waals surface area contributed by atoms with Gasteiger partial charge in [-0.3, -0.25) is 4.57 Å². The molecule has 14 nitrogen and oxygen atoms in total. The van der Waals surface area contributed by atoms with Crippen molar-refractivity contribution in [2.24, 2.45) is 0 Å². The second kappa shape index (κ2) is 15.5. The van der Waals surface area contributed by atoms with Gasteiger partial charge in [-0.2, -0.15) is 5.26 Å². The molecule has 4 rings (SSSR count). The van der Waals surface area contributed by atoms with Crippen LogP contribution in [0.2, 0.25) is 0 Å². The van der Waals surface area contributed by atoms with Crippen molar-refractivity contribution in [3.63, 3.8) is 0 Å². The predicted octanol–water partition coefficient (Wildman–Crippen LogP) is 4.24. The zero-order valence-corrected chi connectivity index (χ0v) is 30.6. The van der Waals surface area contributed by atoms with Crippen LogP contribution in [-0.4, -0.2) is 89.3 Å². The SMILES string of the molecule is COc1cccc(-c2nnc(N(CCSI)S(=O)(=O)C[C@H](OC)c3ccc(C#N)cc3S(C)(=O)=O)n2-c2c(OC)cccc2OC)n1. The molecule has 0 aliphatic heterocycles. The van der Waals surface area contributed by atoms with Gasteiger partial charge in [-0.25, -0.2) is 26.1 Å². The highest BCUT2D eigenvalue weighted by molar-refractivity contribution is 14.2. The highest BCUT2D eigenvalue weighted by Gasteiger charge is 2.35. The van der Waals surface area contributed by atoms with Gasteiger partial charge in [0.2, 0.25) is 21.9 Å². The number of rotatable bonds is 15. The molecule has 0 saturated heterocycles. The normalized spacial score (nSPS) is 12.3. The number of benzene rings is 2. The third-order valence-corrected chi connectivity index (χ3v) is 11.5. The van der Waals surface area contributed by atoms with Crippen molar-refractivity contribution < 1.29 is 35.8 Å². The van der Waals surface area contributed by atoms with Gasteiger partial charge in [0.15, 0.2) is 15.7 Å². The molecule has 250 valence electrons. The standard InChI is InChI=1S/C29H31IN6O8S3/c1-41-22-9-7-10-23(42-2)27(22)36-28(21-8-6-11-26(32-21)44-4)33-34-29(36)35(14-15-45-30)47(39,40)18-24(43-3)20-13-12-19(17-31)16-25(20)46(5,37)38/h6-13,16,24H,14-15,18H2,1-5H3/t24-/m0/s1. The summed E-state index contributed by atoms with van der Waals surface area (Å²) < 4.78 is 79.2. The molecule has 0 saturated carbocycles. The zero-order valence-electron chi connectivity index (χ0n) is 25.9. The molecule has 4 aromatic rings. The molecule has 18 heteroatoms. The van der Waals surface area contributed by atoms with Gasteiger partial charge in [-0.1, -0.05) is 27.1 Å². The van der Waals surface area contributed by atoms with Gasteiger partial charge in [0.05, 0.1) is 49.7 Å². The lowest BCUT2D eigenvalue weighted by atomic mass is 10.1. The highest BCUT2D eigenvalue weighted by Crippen LogP contribution is 2.39. The third-order valence-electron chi connectivity index (χ3n) is 6.90. The highest BCUT2D eigenvalue weighted by atomic mass is 127. The molecule has 0 spiro atoms. The van der Waals surface area contributed by atoms with Gasteiger partial charge in [0, 0.05) is 37.3 Å². The topological polar surface area (TPSA) is 176 Å². The van der Waals surface area contributed by atoms with E-state index in [0.29, 0.717) is 34.5 Å². The molecular weight excluding hydrogens is 783 g/mol. The van der Waals surface area contributed by atoms with Crippen LogP contribution in [0.15, 0.2) is 59.5 Å². The summed E-state index contributed by atoms with van der Waals surface area (Å²) in [6, 6.07) is 16.0. The van der Waals surface area contributed by atoms with E-state index in [1.807, 2.05) is 6.07 Å². The van der Waals surface area contributed by atoms with Gasteiger partial charge >= 0.3 is 0 Å². The Morgan fingerprint density at radius 2 is 1.66 bits per heavy atom. The van der Waals surface area contributed by atoms with Crippen LogP contribution in [-0.2, 0) is 24.6 Å². The lowest BCUT2D eigenvalue weighted by Gasteiger charge is -2.27. The summed E-state index contributed by atoms with van der Waals surface area (Å²) in [5.74, 6) is 0.705. The first kappa shape index (κ1) is 36.2. The van der Waals surface area contributed by atoms with E-state index in [-0.39, 0.29) is 34.3 Å². The van der Waals surface area contributed by atoms with Crippen LogP contribution in [0.5, 0.6) is 17.4 Å². The minimum absolute atomic E-state index is 0.0418. The number of ether oxygens (including phenoxy) is 4. The number of sulfonamides is 1. The van der Waals surface area contributed by atoms with Gasteiger partial charge in [0.25, 0.3) is 0 Å². The van der Waals surface area contributed by atoms with E-state index in [4.69, 9.17) is 18.9 Å². The van der Waals surface area contributed by atoms with Crippen LogP contribution < -0.4 is 18.5 Å². The molecule has 0 aliphatic carbocycles. The summed E-state index contributed by atoms with van der Waals surface area (Å²) in [6.07, 6.45) is -0.251. The van der Waals surface area contributed by atoms with E-state index >= 15 is 0 Å². The maximum atomic E-state index is 14.5. The van der Waals surface area contributed by atoms with Crippen molar-refractivity contribution in [2.75, 3.05) is 57.1 Å². The average molecular weight is 815 g/mol. The molecule has 2 aromatic heterocycles. The summed E-state index contributed by atoms with van der Waals surface area (Å²) in [6.45, 7) is -0.0418. The second-order valence-corrected chi connectivity index (χ2v) is 16.2. The number of nitrogens with zero attached hydrogens (tertiary/aromatic N) is 6. The van der Waals surface area contributed by atoms with Crippen molar-refractivity contribution in [1.82, 2.24) is 19.7 Å². The minimum atomic E-state index is -4.35. The number of halogens is 1. The second-order valence-electron chi connectivity index (χ2n) is 9.76. The fourth-order valence-electron chi connectivity index (χ4n) is 4.75. The summed E-state index contributed by atoms with van der Waals surface area (Å²) in [5, 5.41) is 18.1. The van der Waals surface area contributed by atoms with E-state index in [1.54, 1.807) is 36.4 Å². The van der Waals surface area contributed by atoms with Gasteiger partial charge in [-0.05, 0) is 51.5 Å². The molecule has 2 aromatic carbocycles.